The van der Waals surface area contributed by atoms with E-state index in [1.165, 1.54) is 12.8 Å². The van der Waals surface area contributed by atoms with Crippen LogP contribution < -0.4 is 10.6 Å². The van der Waals surface area contributed by atoms with E-state index in [1.54, 1.807) is 0 Å². The standard InChI is InChI=1S/C14H25N3O3/c1-2-17(10-6-7-10)9-8-15-14(20)16-12-5-3-4-11(12)13(18)19/h10-12H,2-9H2,1H3,(H,18,19)(H2,15,16,20). The number of carbonyl (C=O) groups excluding carboxylic acids is 1. The Morgan fingerprint density at radius 3 is 2.60 bits per heavy atom. The number of carboxylic acid groups (broad SMARTS) is 1. The molecule has 2 saturated carbocycles. The number of carboxylic acids is 1. The highest BCUT2D eigenvalue weighted by Crippen LogP contribution is 2.26. The van der Waals surface area contributed by atoms with Crippen LogP contribution in [0.1, 0.15) is 39.0 Å². The first kappa shape index (κ1) is 15.1. The second-order valence-corrected chi connectivity index (χ2v) is 5.74. The molecule has 6 nitrogen and oxygen atoms in total. The molecule has 0 aliphatic heterocycles. The summed E-state index contributed by atoms with van der Waals surface area (Å²) in [5.74, 6) is -1.24. The van der Waals surface area contributed by atoms with Gasteiger partial charge in [0.2, 0.25) is 0 Å². The van der Waals surface area contributed by atoms with Gasteiger partial charge in [0, 0.05) is 25.2 Å². The minimum atomic E-state index is -0.807. The molecule has 0 aromatic carbocycles. The number of carbonyl (C=O) groups is 2. The van der Waals surface area contributed by atoms with Gasteiger partial charge in [0.15, 0.2) is 0 Å². The van der Waals surface area contributed by atoms with E-state index in [-0.39, 0.29) is 12.1 Å². The summed E-state index contributed by atoms with van der Waals surface area (Å²) in [6.07, 6.45) is 4.82. The lowest BCUT2D eigenvalue weighted by Gasteiger charge is -2.21. The summed E-state index contributed by atoms with van der Waals surface area (Å²) in [6, 6.07) is 0.240. The number of hydrogen-bond donors (Lipinski definition) is 3. The topological polar surface area (TPSA) is 81.7 Å². The fourth-order valence-corrected chi connectivity index (χ4v) is 3.00. The summed E-state index contributed by atoms with van der Waals surface area (Å²) in [5, 5.41) is 14.7. The lowest BCUT2D eigenvalue weighted by molar-refractivity contribution is -0.142. The number of nitrogens with one attached hydrogen (secondary N) is 2. The first-order valence-corrected chi connectivity index (χ1v) is 7.63. The second-order valence-electron chi connectivity index (χ2n) is 5.74. The minimum Gasteiger partial charge on any atom is -0.481 e. The van der Waals surface area contributed by atoms with Gasteiger partial charge in [-0.25, -0.2) is 4.79 Å². The summed E-state index contributed by atoms with van der Waals surface area (Å²) in [6.45, 7) is 4.62. The highest BCUT2D eigenvalue weighted by atomic mass is 16.4. The van der Waals surface area contributed by atoms with Gasteiger partial charge in [-0.3, -0.25) is 9.69 Å². The van der Waals surface area contributed by atoms with Crippen molar-refractivity contribution in [2.75, 3.05) is 19.6 Å². The van der Waals surface area contributed by atoms with Crippen LogP contribution in [0, 0.1) is 5.92 Å². The van der Waals surface area contributed by atoms with E-state index in [0.717, 1.165) is 25.9 Å². The first-order valence-electron chi connectivity index (χ1n) is 7.63. The fraction of sp³-hybridized carbons (Fsp3) is 0.857. The highest BCUT2D eigenvalue weighted by Gasteiger charge is 2.33. The van der Waals surface area contributed by atoms with Gasteiger partial charge in [0.25, 0.3) is 0 Å². The Hall–Kier alpha value is -1.30. The van der Waals surface area contributed by atoms with Gasteiger partial charge in [-0.15, -0.1) is 0 Å². The number of likely N-dealkylation sites (N-methyl/N-ethyl adjacent to an activating group) is 1. The maximum atomic E-state index is 11.8. The average molecular weight is 283 g/mol. The molecule has 3 N–H and O–H groups in total. The smallest absolute Gasteiger partial charge is 0.315 e. The molecule has 2 amide bonds. The van der Waals surface area contributed by atoms with Crippen molar-refractivity contribution >= 4 is 12.0 Å². The van der Waals surface area contributed by atoms with Gasteiger partial charge < -0.3 is 15.7 Å². The van der Waals surface area contributed by atoms with Gasteiger partial charge in [-0.2, -0.15) is 0 Å². The van der Waals surface area contributed by atoms with E-state index < -0.39 is 11.9 Å². The Morgan fingerprint density at radius 1 is 1.25 bits per heavy atom. The molecule has 2 aliphatic rings. The molecular weight excluding hydrogens is 258 g/mol. The minimum absolute atomic E-state index is 0.224. The summed E-state index contributed by atoms with van der Waals surface area (Å²) < 4.78 is 0. The molecule has 6 heteroatoms. The van der Waals surface area contributed by atoms with E-state index in [0.29, 0.717) is 19.0 Å². The molecule has 20 heavy (non-hydrogen) atoms. The quantitative estimate of drug-likeness (QED) is 0.651. The van der Waals surface area contributed by atoms with E-state index >= 15 is 0 Å². The van der Waals surface area contributed by atoms with Crippen molar-refractivity contribution in [3.8, 4) is 0 Å². The van der Waals surface area contributed by atoms with Crippen LogP contribution in [0.2, 0.25) is 0 Å². The Kier molecular flexibility index (Phi) is 5.23. The number of urea groups is 1. The Bertz CT molecular complexity index is 358. The number of aliphatic carboxylic acids is 1. The molecule has 2 rings (SSSR count). The summed E-state index contributed by atoms with van der Waals surface area (Å²) in [4.78, 5) is 25.2. The normalized spacial score (nSPS) is 25.7. The van der Waals surface area contributed by atoms with Gasteiger partial charge in [-0.05, 0) is 32.2 Å². The van der Waals surface area contributed by atoms with Crippen molar-refractivity contribution < 1.29 is 14.7 Å². The largest absolute Gasteiger partial charge is 0.481 e. The van der Waals surface area contributed by atoms with Crippen molar-refractivity contribution in [3.05, 3.63) is 0 Å². The molecule has 0 bridgehead atoms. The molecule has 0 spiro atoms. The van der Waals surface area contributed by atoms with Crippen LogP contribution in [-0.2, 0) is 4.79 Å². The summed E-state index contributed by atoms with van der Waals surface area (Å²) in [7, 11) is 0. The zero-order valence-electron chi connectivity index (χ0n) is 12.1. The molecule has 0 saturated heterocycles. The van der Waals surface area contributed by atoms with Crippen molar-refractivity contribution in [1.82, 2.24) is 15.5 Å². The van der Waals surface area contributed by atoms with Gasteiger partial charge >= 0.3 is 12.0 Å². The average Bonchev–Trinajstić information content (AvgIpc) is 3.14. The molecule has 114 valence electrons. The third kappa shape index (κ3) is 4.10. The third-order valence-corrected chi connectivity index (χ3v) is 4.30. The van der Waals surface area contributed by atoms with Crippen LogP contribution in [0.3, 0.4) is 0 Å². The summed E-state index contributed by atoms with van der Waals surface area (Å²) in [5.41, 5.74) is 0. The van der Waals surface area contributed by atoms with Gasteiger partial charge in [-0.1, -0.05) is 13.3 Å². The van der Waals surface area contributed by atoms with Crippen LogP contribution >= 0.6 is 0 Å². The molecule has 0 heterocycles. The van der Waals surface area contributed by atoms with Crippen LogP contribution in [0.25, 0.3) is 0 Å². The zero-order valence-corrected chi connectivity index (χ0v) is 12.1. The van der Waals surface area contributed by atoms with E-state index in [4.69, 9.17) is 5.11 Å². The van der Waals surface area contributed by atoms with Crippen LogP contribution in [-0.4, -0.2) is 53.7 Å². The molecule has 0 aromatic heterocycles. The van der Waals surface area contributed by atoms with Crippen LogP contribution in [0.4, 0.5) is 4.79 Å². The Labute approximate surface area is 119 Å². The van der Waals surface area contributed by atoms with E-state index in [2.05, 4.69) is 22.5 Å². The van der Waals surface area contributed by atoms with E-state index in [9.17, 15) is 9.59 Å². The van der Waals surface area contributed by atoms with E-state index in [1.807, 2.05) is 0 Å². The summed E-state index contributed by atoms with van der Waals surface area (Å²) >= 11 is 0. The molecule has 2 unspecified atom stereocenters. The monoisotopic (exact) mass is 283 g/mol. The lowest BCUT2D eigenvalue weighted by atomic mass is 10.0. The Balaban J connectivity index is 1.65. The van der Waals surface area contributed by atoms with Gasteiger partial charge in [0.05, 0.1) is 5.92 Å². The number of amides is 2. The van der Waals surface area contributed by atoms with Crippen molar-refractivity contribution in [3.63, 3.8) is 0 Å². The second kappa shape index (κ2) is 6.92. The van der Waals surface area contributed by atoms with Crippen molar-refractivity contribution in [2.45, 2.75) is 51.1 Å². The Morgan fingerprint density at radius 2 is 2.00 bits per heavy atom. The maximum absolute atomic E-state index is 11.8. The molecular formula is C14H25N3O3. The lowest BCUT2D eigenvalue weighted by Crippen LogP contribution is -2.47. The number of rotatable bonds is 7. The number of hydrogen-bond acceptors (Lipinski definition) is 3. The first-order chi connectivity index (χ1) is 9.61. The molecule has 0 aromatic rings. The molecule has 2 atom stereocenters. The van der Waals surface area contributed by atoms with Crippen LogP contribution in [0.5, 0.6) is 0 Å². The molecule has 0 radical (unpaired) electrons. The SMILES string of the molecule is CCN(CCNC(=O)NC1CCCC1C(=O)O)C1CC1. The number of nitrogens with zero attached hydrogens (tertiary/aromatic N) is 1. The van der Waals surface area contributed by atoms with Crippen molar-refractivity contribution in [1.29, 1.82) is 0 Å². The molecule has 2 fully saturated rings. The predicted molar refractivity (Wildman–Crippen MR) is 75.6 cm³/mol. The molecule has 2 aliphatic carbocycles. The zero-order chi connectivity index (χ0) is 14.5. The van der Waals surface area contributed by atoms with Crippen molar-refractivity contribution in [2.24, 2.45) is 5.92 Å². The van der Waals surface area contributed by atoms with Crippen LogP contribution in [0.15, 0.2) is 0 Å². The fourth-order valence-electron chi connectivity index (χ4n) is 3.00. The predicted octanol–water partition coefficient (Wildman–Crippen LogP) is 1.02. The van der Waals surface area contributed by atoms with Gasteiger partial charge in [0.1, 0.15) is 0 Å². The third-order valence-electron chi connectivity index (χ3n) is 4.30. The highest BCUT2D eigenvalue weighted by molar-refractivity contribution is 5.77. The maximum Gasteiger partial charge on any atom is 0.315 e.